The zero-order valence-electron chi connectivity index (χ0n) is 11.4. The third-order valence-corrected chi connectivity index (χ3v) is 5.38. The second kappa shape index (κ2) is 5.04. The third kappa shape index (κ3) is 2.35. The zero-order chi connectivity index (χ0) is 15.0. The van der Waals surface area contributed by atoms with Crippen molar-refractivity contribution in [2.75, 3.05) is 17.5 Å². The molecule has 0 spiro atoms. The van der Waals surface area contributed by atoms with Gasteiger partial charge in [0, 0.05) is 6.07 Å². The van der Waals surface area contributed by atoms with Gasteiger partial charge in [0.1, 0.15) is 18.2 Å². The lowest BCUT2D eigenvalue weighted by atomic mass is 10.2. The summed E-state index contributed by atoms with van der Waals surface area (Å²) in [5.41, 5.74) is 0.895. The van der Waals surface area contributed by atoms with E-state index in [0.717, 1.165) is 0 Å². The number of ether oxygens (including phenoxy) is 1. The molecule has 1 heterocycles. The van der Waals surface area contributed by atoms with Gasteiger partial charge in [-0.3, -0.25) is 4.31 Å². The Labute approximate surface area is 122 Å². The average Bonchev–Trinajstić information content (AvgIpc) is 2.46. The van der Waals surface area contributed by atoms with Gasteiger partial charge in [0.05, 0.1) is 17.1 Å². The third-order valence-electron chi connectivity index (χ3n) is 3.40. The lowest BCUT2D eigenvalue weighted by Gasteiger charge is -2.30. The number of halogens is 1. The van der Waals surface area contributed by atoms with Gasteiger partial charge in [-0.25, -0.2) is 12.8 Å². The fraction of sp³-hybridized carbons (Fsp3) is 0.200. The molecule has 2 aromatic rings. The minimum atomic E-state index is -3.74. The largest absolute Gasteiger partial charge is 0.489 e. The van der Waals surface area contributed by atoms with Crippen LogP contribution in [0.2, 0.25) is 0 Å². The van der Waals surface area contributed by atoms with Crippen LogP contribution in [-0.2, 0) is 10.0 Å². The molecular formula is C15H14FNO3S. The average molecular weight is 307 g/mol. The van der Waals surface area contributed by atoms with Crippen LogP contribution in [-0.4, -0.2) is 21.6 Å². The van der Waals surface area contributed by atoms with Crippen molar-refractivity contribution >= 4 is 15.7 Å². The summed E-state index contributed by atoms with van der Waals surface area (Å²) >= 11 is 0. The Morgan fingerprint density at radius 3 is 2.71 bits per heavy atom. The van der Waals surface area contributed by atoms with E-state index < -0.39 is 15.8 Å². The molecule has 0 fully saturated rings. The van der Waals surface area contributed by atoms with Gasteiger partial charge in [0.25, 0.3) is 10.0 Å². The van der Waals surface area contributed by atoms with Crippen LogP contribution in [0.4, 0.5) is 10.1 Å². The van der Waals surface area contributed by atoms with Gasteiger partial charge in [0.2, 0.25) is 0 Å². The van der Waals surface area contributed by atoms with Gasteiger partial charge in [-0.15, -0.1) is 0 Å². The second-order valence-electron chi connectivity index (χ2n) is 4.80. The quantitative estimate of drug-likeness (QED) is 0.857. The molecule has 0 N–H and O–H groups in total. The van der Waals surface area contributed by atoms with E-state index in [1.54, 1.807) is 31.2 Å². The first-order valence-electron chi connectivity index (χ1n) is 6.51. The summed E-state index contributed by atoms with van der Waals surface area (Å²) in [6.07, 6.45) is 0. The predicted molar refractivity (Wildman–Crippen MR) is 77.6 cm³/mol. The van der Waals surface area contributed by atoms with Gasteiger partial charge < -0.3 is 4.74 Å². The van der Waals surface area contributed by atoms with E-state index >= 15 is 0 Å². The summed E-state index contributed by atoms with van der Waals surface area (Å²) in [6.45, 7) is 2.14. The smallest absolute Gasteiger partial charge is 0.264 e. The van der Waals surface area contributed by atoms with E-state index in [2.05, 4.69) is 0 Å². The van der Waals surface area contributed by atoms with E-state index in [0.29, 0.717) is 11.3 Å². The molecule has 6 heteroatoms. The van der Waals surface area contributed by atoms with Crippen LogP contribution in [0.15, 0.2) is 47.4 Å². The van der Waals surface area contributed by atoms with Crippen molar-refractivity contribution in [2.45, 2.75) is 11.8 Å². The fourth-order valence-electron chi connectivity index (χ4n) is 2.38. The minimum Gasteiger partial charge on any atom is -0.489 e. The SMILES string of the molecule is Cc1ccccc1S(=O)(=O)N1CCOc2ccc(F)cc21. The molecule has 0 saturated carbocycles. The topological polar surface area (TPSA) is 46.6 Å². The molecule has 0 aliphatic carbocycles. The molecule has 1 aliphatic rings. The van der Waals surface area contributed by atoms with Crippen molar-refractivity contribution in [3.05, 3.63) is 53.8 Å². The van der Waals surface area contributed by atoms with Gasteiger partial charge in [-0.1, -0.05) is 18.2 Å². The highest BCUT2D eigenvalue weighted by molar-refractivity contribution is 7.92. The van der Waals surface area contributed by atoms with E-state index in [1.807, 2.05) is 0 Å². The maximum absolute atomic E-state index is 13.5. The molecule has 0 saturated heterocycles. The summed E-state index contributed by atoms with van der Waals surface area (Å²) in [5.74, 6) is -0.121. The number of hydrogen-bond donors (Lipinski definition) is 0. The summed E-state index contributed by atoms with van der Waals surface area (Å²) in [4.78, 5) is 0.224. The summed E-state index contributed by atoms with van der Waals surface area (Å²) < 4.78 is 45.7. The monoisotopic (exact) mass is 307 g/mol. The van der Waals surface area contributed by atoms with E-state index in [1.165, 1.54) is 22.5 Å². The molecule has 3 rings (SSSR count). The summed E-state index contributed by atoms with van der Waals surface area (Å²) in [7, 11) is -3.74. The zero-order valence-corrected chi connectivity index (χ0v) is 12.2. The van der Waals surface area contributed by atoms with E-state index in [-0.39, 0.29) is 23.7 Å². The standard InChI is InChI=1S/C15H14FNO3S/c1-11-4-2-3-5-15(11)21(18,19)17-8-9-20-14-7-6-12(16)10-13(14)17/h2-7,10H,8-9H2,1H3. The fourth-order valence-corrected chi connectivity index (χ4v) is 4.06. The molecule has 0 amide bonds. The van der Waals surface area contributed by atoms with Crippen molar-refractivity contribution in [2.24, 2.45) is 0 Å². The van der Waals surface area contributed by atoms with Crippen LogP contribution >= 0.6 is 0 Å². The van der Waals surface area contributed by atoms with Crippen LogP contribution in [0, 0.1) is 12.7 Å². The van der Waals surface area contributed by atoms with Crippen LogP contribution in [0.25, 0.3) is 0 Å². The Morgan fingerprint density at radius 1 is 1.19 bits per heavy atom. The Kier molecular flexibility index (Phi) is 3.33. The highest BCUT2D eigenvalue weighted by atomic mass is 32.2. The number of benzene rings is 2. The molecule has 0 atom stereocenters. The van der Waals surface area contributed by atoms with Crippen LogP contribution < -0.4 is 9.04 Å². The summed E-state index contributed by atoms with van der Waals surface area (Å²) in [6, 6.07) is 10.6. The maximum atomic E-state index is 13.5. The van der Waals surface area contributed by atoms with Crippen molar-refractivity contribution < 1.29 is 17.5 Å². The van der Waals surface area contributed by atoms with Gasteiger partial charge in [0.15, 0.2) is 0 Å². The lowest BCUT2D eigenvalue weighted by Crippen LogP contribution is -2.38. The molecule has 110 valence electrons. The van der Waals surface area contributed by atoms with Crippen LogP contribution in [0.5, 0.6) is 5.75 Å². The Hall–Kier alpha value is -2.08. The lowest BCUT2D eigenvalue weighted by molar-refractivity contribution is 0.315. The second-order valence-corrected chi connectivity index (χ2v) is 6.63. The van der Waals surface area contributed by atoms with Crippen molar-refractivity contribution in [3.8, 4) is 5.75 Å². The molecule has 21 heavy (non-hydrogen) atoms. The number of sulfonamides is 1. The number of aryl methyl sites for hydroxylation is 1. The minimum absolute atomic E-state index is 0.160. The first kappa shape index (κ1) is 13.9. The van der Waals surface area contributed by atoms with Gasteiger partial charge >= 0.3 is 0 Å². The van der Waals surface area contributed by atoms with Gasteiger partial charge in [-0.05, 0) is 30.7 Å². The Morgan fingerprint density at radius 2 is 1.95 bits per heavy atom. The highest BCUT2D eigenvalue weighted by Crippen LogP contribution is 2.36. The van der Waals surface area contributed by atoms with Crippen LogP contribution in [0.3, 0.4) is 0 Å². The molecule has 0 bridgehead atoms. The Bertz CT molecular complexity index is 789. The summed E-state index contributed by atoms with van der Waals surface area (Å²) in [5, 5.41) is 0. The van der Waals surface area contributed by atoms with Crippen LogP contribution in [0.1, 0.15) is 5.56 Å². The molecule has 0 unspecified atom stereocenters. The van der Waals surface area contributed by atoms with Crippen molar-refractivity contribution in [3.63, 3.8) is 0 Å². The predicted octanol–water partition coefficient (Wildman–Crippen LogP) is 2.72. The number of nitrogens with zero attached hydrogens (tertiary/aromatic N) is 1. The molecule has 0 aromatic heterocycles. The first-order valence-corrected chi connectivity index (χ1v) is 7.95. The molecule has 4 nitrogen and oxygen atoms in total. The number of hydrogen-bond acceptors (Lipinski definition) is 3. The highest BCUT2D eigenvalue weighted by Gasteiger charge is 2.31. The molecule has 0 radical (unpaired) electrons. The first-order chi connectivity index (χ1) is 10.00. The molecule has 1 aliphatic heterocycles. The van der Waals surface area contributed by atoms with E-state index in [9.17, 15) is 12.8 Å². The Balaban J connectivity index is 2.14. The normalized spacial score (nSPS) is 14.5. The molecular weight excluding hydrogens is 293 g/mol. The number of rotatable bonds is 2. The number of anilines is 1. The maximum Gasteiger partial charge on any atom is 0.264 e. The van der Waals surface area contributed by atoms with Gasteiger partial charge in [-0.2, -0.15) is 0 Å². The van der Waals surface area contributed by atoms with Crippen molar-refractivity contribution in [1.82, 2.24) is 0 Å². The van der Waals surface area contributed by atoms with E-state index in [4.69, 9.17) is 4.74 Å². The number of fused-ring (bicyclic) bond motifs is 1. The van der Waals surface area contributed by atoms with Crippen molar-refractivity contribution in [1.29, 1.82) is 0 Å². The molecule has 2 aromatic carbocycles.